The molecule has 4 heteroatoms. The maximum absolute atomic E-state index is 11.6. The van der Waals surface area contributed by atoms with E-state index in [1.165, 1.54) is 6.08 Å². The molecule has 1 aromatic carbocycles. The number of ether oxygens (including phenoxy) is 1. The Hall–Kier alpha value is -1.65. The van der Waals surface area contributed by atoms with Gasteiger partial charge in [-0.3, -0.25) is 0 Å². The quantitative estimate of drug-likeness (QED) is 0.574. The van der Waals surface area contributed by atoms with E-state index in [1.54, 1.807) is 30.3 Å². The first-order chi connectivity index (χ1) is 8.11. The van der Waals surface area contributed by atoms with E-state index in [9.17, 15) is 9.90 Å². The van der Waals surface area contributed by atoms with E-state index in [0.717, 1.165) is 0 Å². The van der Waals surface area contributed by atoms with Gasteiger partial charge in [0.2, 0.25) is 0 Å². The fourth-order valence-corrected chi connectivity index (χ4v) is 1.30. The Kier molecular flexibility index (Phi) is 4.87. The van der Waals surface area contributed by atoms with Crippen LogP contribution < -0.4 is 0 Å². The van der Waals surface area contributed by atoms with Gasteiger partial charge in [0.05, 0.1) is 12.2 Å². The molecular weight excluding hydrogens is 220 g/mol. The minimum atomic E-state index is -1.45. The molecule has 1 rings (SSSR count). The SMILES string of the molecule is C=CCC(O)(CO)COC(=O)c1ccccc1. The molecular formula is C13H16O4. The van der Waals surface area contributed by atoms with Gasteiger partial charge in [-0.05, 0) is 18.6 Å². The maximum atomic E-state index is 11.6. The molecule has 0 saturated carbocycles. The van der Waals surface area contributed by atoms with Crippen molar-refractivity contribution in [1.82, 2.24) is 0 Å². The third-order valence-corrected chi connectivity index (χ3v) is 2.30. The number of carbonyl (C=O) groups is 1. The van der Waals surface area contributed by atoms with E-state index in [-0.39, 0.29) is 13.0 Å². The van der Waals surface area contributed by atoms with Crippen LogP contribution in [0.4, 0.5) is 0 Å². The number of aliphatic hydroxyl groups excluding tert-OH is 1. The van der Waals surface area contributed by atoms with Crippen LogP contribution in [-0.2, 0) is 4.74 Å². The zero-order valence-electron chi connectivity index (χ0n) is 9.50. The summed E-state index contributed by atoms with van der Waals surface area (Å²) in [6, 6.07) is 8.47. The van der Waals surface area contributed by atoms with Crippen molar-refractivity contribution in [2.75, 3.05) is 13.2 Å². The Balaban J connectivity index is 2.56. The fraction of sp³-hybridized carbons (Fsp3) is 0.308. The highest BCUT2D eigenvalue weighted by Crippen LogP contribution is 2.12. The Morgan fingerprint density at radius 2 is 2.06 bits per heavy atom. The molecule has 0 amide bonds. The highest BCUT2D eigenvalue weighted by Gasteiger charge is 2.26. The number of esters is 1. The van der Waals surface area contributed by atoms with Crippen LogP contribution in [0.5, 0.6) is 0 Å². The summed E-state index contributed by atoms with van der Waals surface area (Å²) in [4.78, 5) is 11.6. The molecule has 0 spiro atoms. The van der Waals surface area contributed by atoms with Gasteiger partial charge in [0.25, 0.3) is 0 Å². The van der Waals surface area contributed by atoms with Gasteiger partial charge in [-0.25, -0.2) is 4.79 Å². The first kappa shape index (κ1) is 13.4. The molecule has 1 atom stereocenters. The van der Waals surface area contributed by atoms with Crippen molar-refractivity contribution in [3.8, 4) is 0 Å². The minimum Gasteiger partial charge on any atom is -0.459 e. The third kappa shape index (κ3) is 4.01. The molecule has 0 aliphatic rings. The second-order valence-corrected chi connectivity index (χ2v) is 3.82. The van der Waals surface area contributed by atoms with E-state index in [0.29, 0.717) is 5.56 Å². The Bertz CT molecular complexity index is 374. The summed E-state index contributed by atoms with van der Waals surface area (Å²) < 4.78 is 4.94. The molecule has 2 N–H and O–H groups in total. The number of hydrogen-bond acceptors (Lipinski definition) is 4. The number of rotatable bonds is 6. The zero-order valence-corrected chi connectivity index (χ0v) is 9.50. The van der Waals surface area contributed by atoms with Crippen LogP contribution in [0.2, 0.25) is 0 Å². The van der Waals surface area contributed by atoms with Crippen LogP contribution in [0.1, 0.15) is 16.8 Å². The predicted molar refractivity (Wildman–Crippen MR) is 63.6 cm³/mol. The zero-order chi connectivity index (χ0) is 12.7. The summed E-state index contributed by atoms with van der Waals surface area (Å²) in [7, 11) is 0. The Morgan fingerprint density at radius 3 is 2.59 bits per heavy atom. The van der Waals surface area contributed by atoms with Crippen molar-refractivity contribution >= 4 is 5.97 Å². The Morgan fingerprint density at radius 1 is 1.41 bits per heavy atom. The van der Waals surface area contributed by atoms with Crippen molar-refractivity contribution in [1.29, 1.82) is 0 Å². The average molecular weight is 236 g/mol. The second-order valence-electron chi connectivity index (χ2n) is 3.82. The Labute approximate surface area is 100 Å². The van der Waals surface area contributed by atoms with E-state index in [2.05, 4.69) is 6.58 Å². The topological polar surface area (TPSA) is 66.8 Å². The van der Waals surface area contributed by atoms with Gasteiger partial charge in [-0.1, -0.05) is 24.3 Å². The molecule has 0 bridgehead atoms. The lowest BCUT2D eigenvalue weighted by atomic mass is 10.0. The van der Waals surface area contributed by atoms with Gasteiger partial charge < -0.3 is 14.9 Å². The fourth-order valence-electron chi connectivity index (χ4n) is 1.30. The lowest BCUT2D eigenvalue weighted by Crippen LogP contribution is -2.38. The van der Waals surface area contributed by atoms with Gasteiger partial charge in [0.15, 0.2) is 0 Å². The van der Waals surface area contributed by atoms with Gasteiger partial charge in [0, 0.05) is 0 Å². The van der Waals surface area contributed by atoms with Gasteiger partial charge in [0.1, 0.15) is 12.2 Å². The normalized spacial score (nSPS) is 13.8. The van der Waals surface area contributed by atoms with Crippen molar-refractivity contribution in [3.63, 3.8) is 0 Å². The molecule has 0 aliphatic carbocycles. The third-order valence-electron chi connectivity index (χ3n) is 2.30. The first-order valence-corrected chi connectivity index (χ1v) is 5.27. The molecule has 1 unspecified atom stereocenters. The average Bonchev–Trinajstić information content (AvgIpc) is 2.37. The first-order valence-electron chi connectivity index (χ1n) is 5.27. The van der Waals surface area contributed by atoms with Gasteiger partial charge >= 0.3 is 5.97 Å². The van der Waals surface area contributed by atoms with Crippen LogP contribution in [-0.4, -0.2) is 35.0 Å². The van der Waals surface area contributed by atoms with Crippen LogP contribution in [0.3, 0.4) is 0 Å². The molecule has 0 fully saturated rings. The molecule has 0 aromatic heterocycles. The smallest absolute Gasteiger partial charge is 0.338 e. The van der Waals surface area contributed by atoms with Crippen molar-refractivity contribution in [3.05, 3.63) is 48.6 Å². The molecule has 0 saturated heterocycles. The molecule has 92 valence electrons. The molecule has 0 aliphatic heterocycles. The van der Waals surface area contributed by atoms with Crippen LogP contribution in [0.15, 0.2) is 43.0 Å². The largest absolute Gasteiger partial charge is 0.459 e. The second kappa shape index (κ2) is 6.18. The number of carbonyl (C=O) groups excluding carboxylic acids is 1. The van der Waals surface area contributed by atoms with E-state index in [4.69, 9.17) is 9.84 Å². The highest BCUT2D eigenvalue weighted by atomic mass is 16.5. The van der Waals surface area contributed by atoms with Gasteiger partial charge in [-0.15, -0.1) is 6.58 Å². The molecule has 0 heterocycles. The summed E-state index contributed by atoms with van der Waals surface area (Å²) in [6.07, 6.45) is 1.62. The monoisotopic (exact) mass is 236 g/mol. The van der Waals surface area contributed by atoms with Crippen LogP contribution >= 0.6 is 0 Å². The van der Waals surface area contributed by atoms with E-state index < -0.39 is 18.2 Å². The molecule has 1 aromatic rings. The lowest BCUT2D eigenvalue weighted by Gasteiger charge is -2.23. The summed E-state index contributed by atoms with van der Waals surface area (Å²) in [5.74, 6) is -0.526. The number of hydrogen-bond donors (Lipinski definition) is 2. The van der Waals surface area contributed by atoms with E-state index >= 15 is 0 Å². The van der Waals surface area contributed by atoms with Crippen LogP contribution in [0.25, 0.3) is 0 Å². The summed E-state index contributed by atoms with van der Waals surface area (Å²) in [5, 5.41) is 18.8. The highest BCUT2D eigenvalue weighted by molar-refractivity contribution is 5.89. The molecule has 4 nitrogen and oxygen atoms in total. The summed E-state index contributed by atoms with van der Waals surface area (Å²) >= 11 is 0. The predicted octanol–water partition coefficient (Wildman–Crippen LogP) is 1.14. The maximum Gasteiger partial charge on any atom is 0.338 e. The minimum absolute atomic E-state index is 0.158. The number of benzene rings is 1. The summed E-state index contributed by atoms with van der Waals surface area (Å²) in [5.41, 5.74) is -1.04. The summed E-state index contributed by atoms with van der Waals surface area (Å²) in [6.45, 7) is 2.72. The van der Waals surface area contributed by atoms with Crippen molar-refractivity contribution in [2.45, 2.75) is 12.0 Å². The van der Waals surface area contributed by atoms with Gasteiger partial charge in [-0.2, -0.15) is 0 Å². The van der Waals surface area contributed by atoms with Crippen molar-refractivity contribution < 1.29 is 19.7 Å². The standard InChI is InChI=1S/C13H16O4/c1-2-8-13(16,9-14)10-17-12(15)11-6-4-3-5-7-11/h2-7,14,16H,1,8-10H2. The number of aliphatic hydroxyl groups is 2. The van der Waals surface area contributed by atoms with E-state index in [1.807, 2.05) is 0 Å². The van der Waals surface area contributed by atoms with Crippen molar-refractivity contribution in [2.24, 2.45) is 0 Å². The van der Waals surface area contributed by atoms with Crippen LogP contribution in [0, 0.1) is 0 Å². The molecule has 17 heavy (non-hydrogen) atoms. The lowest BCUT2D eigenvalue weighted by molar-refractivity contribution is -0.0613. The molecule has 0 radical (unpaired) electrons.